The molecule has 0 spiro atoms. The fourth-order valence-corrected chi connectivity index (χ4v) is 3.38. The molecule has 2 aromatic rings. The van der Waals surface area contributed by atoms with Crippen LogP contribution in [-0.2, 0) is 9.59 Å². The van der Waals surface area contributed by atoms with Crippen LogP contribution in [0.2, 0.25) is 0 Å². The van der Waals surface area contributed by atoms with Gasteiger partial charge in [-0.15, -0.1) is 0 Å². The highest BCUT2D eigenvalue weighted by molar-refractivity contribution is 6.03. The highest BCUT2D eigenvalue weighted by Crippen LogP contribution is 2.38. The second kappa shape index (κ2) is 7.59. The zero-order valence-electron chi connectivity index (χ0n) is 14.8. The Morgan fingerprint density at radius 2 is 1.78 bits per heavy atom. The van der Waals surface area contributed by atoms with E-state index in [-0.39, 0.29) is 0 Å². The van der Waals surface area contributed by atoms with Gasteiger partial charge >= 0.3 is 0 Å². The van der Waals surface area contributed by atoms with Gasteiger partial charge in [-0.2, -0.15) is 0 Å². The van der Waals surface area contributed by atoms with Gasteiger partial charge in [0.1, 0.15) is 17.6 Å². The van der Waals surface area contributed by atoms with Crippen LogP contribution in [0.3, 0.4) is 0 Å². The predicted molar refractivity (Wildman–Crippen MR) is 101 cm³/mol. The van der Waals surface area contributed by atoms with Crippen LogP contribution in [0.1, 0.15) is 18.4 Å². The third-order valence-corrected chi connectivity index (χ3v) is 4.56. The van der Waals surface area contributed by atoms with Gasteiger partial charge in [0.15, 0.2) is 0 Å². The minimum absolute atomic E-state index is 0.410. The normalized spacial score (nSPS) is 20.8. The molecule has 0 saturated heterocycles. The highest BCUT2D eigenvalue weighted by Gasteiger charge is 2.43. The summed E-state index contributed by atoms with van der Waals surface area (Å²) in [4.78, 5) is 24.7. The zero-order valence-corrected chi connectivity index (χ0v) is 14.8. The lowest BCUT2D eigenvalue weighted by atomic mass is 9.75. The van der Waals surface area contributed by atoms with Gasteiger partial charge < -0.3 is 22.1 Å². The number of benzene rings is 2. The van der Waals surface area contributed by atoms with Crippen LogP contribution >= 0.6 is 0 Å². The van der Waals surface area contributed by atoms with Crippen molar-refractivity contribution in [2.75, 3.05) is 5.32 Å². The van der Waals surface area contributed by atoms with E-state index >= 15 is 0 Å². The SMILES string of the molecule is CC(N)C1=C(Nc2ccccc2)NC(=O)[C@@H](C(N)=O)[C@H]1c1ccc(F)cc1. The number of halogens is 1. The molecule has 3 rings (SSSR count). The summed E-state index contributed by atoms with van der Waals surface area (Å²) in [5.41, 5.74) is 13.7. The van der Waals surface area contributed by atoms with Gasteiger partial charge in [0.05, 0.1) is 0 Å². The van der Waals surface area contributed by atoms with Gasteiger partial charge in [-0.3, -0.25) is 9.59 Å². The van der Waals surface area contributed by atoms with Crippen molar-refractivity contribution in [1.29, 1.82) is 0 Å². The van der Waals surface area contributed by atoms with E-state index in [4.69, 9.17) is 11.5 Å². The summed E-state index contributed by atoms with van der Waals surface area (Å²) < 4.78 is 13.4. The van der Waals surface area contributed by atoms with Crippen LogP contribution in [0, 0.1) is 11.7 Å². The number of rotatable bonds is 5. The monoisotopic (exact) mass is 368 g/mol. The molecule has 0 aromatic heterocycles. The van der Waals surface area contributed by atoms with E-state index in [1.807, 2.05) is 30.3 Å². The Balaban J connectivity index is 2.15. The molecular weight excluding hydrogens is 347 g/mol. The van der Waals surface area contributed by atoms with Crippen molar-refractivity contribution >= 4 is 17.5 Å². The lowest BCUT2D eigenvalue weighted by molar-refractivity contribution is -0.134. The summed E-state index contributed by atoms with van der Waals surface area (Å²) in [5.74, 6) is -3.13. The number of para-hydroxylation sites is 1. The van der Waals surface area contributed by atoms with Gasteiger partial charge in [-0.25, -0.2) is 4.39 Å². The van der Waals surface area contributed by atoms with E-state index in [1.165, 1.54) is 24.3 Å². The molecule has 27 heavy (non-hydrogen) atoms. The minimum Gasteiger partial charge on any atom is -0.369 e. The molecule has 6 N–H and O–H groups in total. The Bertz CT molecular complexity index is 879. The highest BCUT2D eigenvalue weighted by atomic mass is 19.1. The number of carbonyl (C=O) groups excluding carboxylic acids is 2. The number of hydrogen-bond donors (Lipinski definition) is 4. The maximum atomic E-state index is 13.4. The summed E-state index contributed by atoms with van der Waals surface area (Å²) in [6.07, 6.45) is 0. The zero-order chi connectivity index (χ0) is 19.6. The van der Waals surface area contributed by atoms with Crippen molar-refractivity contribution in [3.63, 3.8) is 0 Å². The van der Waals surface area contributed by atoms with Gasteiger partial charge in [0.2, 0.25) is 11.8 Å². The fourth-order valence-electron chi connectivity index (χ4n) is 3.38. The van der Waals surface area contributed by atoms with Crippen molar-refractivity contribution < 1.29 is 14.0 Å². The first-order valence-electron chi connectivity index (χ1n) is 8.56. The Labute approximate surface area is 156 Å². The van der Waals surface area contributed by atoms with Crippen molar-refractivity contribution in [2.24, 2.45) is 17.4 Å². The Morgan fingerprint density at radius 1 is 1.15 bits per heavy atom. The van der Waals surface area contributed by atoms with E-state index in [9.17, 15) is 14.0 Å². The first kappa shape index (κ1) is 18.6. The average Bonchev–Trinajstić information content (AvgIpc) is 2.62. The fraction of sp³-hybridized carbons (Fsp3) is 0.200. The summed E-state index contributed by atoms with van der Waals surface area (Å²) in [6.45, 7) is 1.76. The summed E-state index contributed by atoms with van der Waals surface area (Å²) >= 11 is 0. The molecule has 0 saturated carbocycles. The van der Waals surface area contributed by atoms with Crippen LogP contribution in [-0.4, -0.2) is 17.9 Å². The van der Waals surface area contributed by atoms with E-state index in [1.54, 1.807) is 6.92 Å². The maximum Gasteiger partial charge on any atom is 0.239 e. The van der Waals surface area contributed by atoms with Crippen LogP contribution in [0.4, 0.5) is 10.1 Å². The molecule has 6 nitrogen and oxygen atoms in total. The van der Waals surface area contributed by atoms with Crippen LogP contribution < -0.4 is 22.1 Å². The smallest absolute Gasteiger partial charge is 0.239 e. The van der Waals surface area contributed by atoms with Gasteiger partial charge in [0, 0.05) is 17.6 Å². The number of primary amides is 1. The summed E-state index contributed by atoms with van der Waals surface area (Å²) in [6, 6.07) is 14.4. The number of carbonyl (C=O) groups is 2. The number of nitrogens with one attached hydrogen (secondary N) is 2. The Morgan fingerprint density at radius 3 is 2.33 bits per heavy atom. The second-order valence-corrected chi connectivity index (χ2v) is 6.51. The minimum atomic E-state index is -1.14. The molecule has 0 aliphatic carbocycles. The van der Waals surface area contributed by atoms with E-state index in [2.05, 4.69) is 10.6 Å². The third-order valence-electron chi connectivity index (χ3n) is 4.56. The quantitative estimate of drug-likeness (QED) is 0.603. The lowest BCUT2D eigenvalue weighted by Crippen LogP contribution is -2.50. The number of amides is 2. The topological polar surface area (TPSA) is 110 Å². The molecule has 1 aliphatic heterocycles. The predicted octanol–water partition coefficient (Wildman–Crippen LogP) is 1.81. The molecule has 140 valence electrons. The van der Waals surface area contributed by atoms with Crippen LogP contribution in [0.5, 0.6) is 0 Å². The van der Waals surface area contributed by atoms with Gasteiger partial charge in [-0.1, -0.05) is 30.3 Å². The average molecular weight is 368 g/mol. The van der Waals surface area contributed by atoms with Crippen LogP contribution in [0.25, 0.3) is 0 Å². The molecular formula is C20H21FN4O2. The molecule has 1 aliphatic rings. The van der Waals surface area contributed by atoms with Crippen LogP contribution in [0.15, 0.2) is 66.0 Å². The molecule has 7 heteroatoms. The number of hydrogen-bond acceptors (Lipinski definition) is 4. The molecule has 3 atom stereocenters. The molecule has 2 amide bonds. The Kier molecular flexibility index (Phi) is 5.23. The molecule has 0 radical (unpaired) electrons. The number of nitrogens with two attached hydrogens (primary N) is 2. The lowest BCUT2D eigenvalue weighted by Gasteiger charge is -2.36. The van der Waals surface area contributed by atoms with Crippen molar-refractivity contribution in [3.8, 4) is 0 Å². The number of anilines is 1. The Hall–Kier alpha value is -3.19. The first-order valence-corrected chi connectivity index (χ1v) is 8.56. The van der Waals surface area contributed by atoms with E-state index in [0.29, 0.717) is 17.0 Å². The van der Waals surface area contributed by atoms with Gasteiger partial charge in [0.25, 0.3) is 0 Å². The van der Waals surface area contributed by atoms with E-state index in [0.717, 1.165) is 5.69 Å². The van der Waals surface area contributed by atoms with Gasteiger partial charge in [-0.05, 0) is 42.3 Å². The summed E-state index contributed by atoms with van der Waals surface area (Å²) in [5, 5.41) is 5.87. The molecule has 2 aromatic carbocycles. The standard InChI is InChI=1S/C20H21FN4O2/c1-11(22)15-16(12-7-9-13(21)10-8-12)17(18(23)26)20(27)25-19(15)24-14-5-3-2-4-6-14/h2-11,16-17,24H,22H2,1H3,(H2,23,26)(H,25,27)/t11?,16-,17+/m0/s1. The maximum absolute atomic E-state index is 13.4. The molecule has 0 bridgehead atoms. The summed E-state index contributed by atoms with van der Waals surface area (Å²) in [7, 11) is 0. The van der Waals surface area contributed by atoms with Crippen molar-refractivity contribution in [1.82, 2.24) is 5.32 Å². The van der Waals surface area contributed by atoms with Crippen molar-refractivity contribution in [3.05, 3.63) is 77.4 Å². The largest absolute Gasteiger partial charge is 0.369 e. The third kappa shape index (κ3) is 3.83. The second-order valence-electron chi connectivity index (χ2n) is 6.51. The molecule has 1 unspecified atom stereocenters. The van der Waals surface area contributed by atoms with E-state index < -0.39 is 35.5 Å². The molecule has 0 fully saturated rings. The first-order chi connectivity index (χ1) is 12.9. The van der Waals surface area contributed by atoms with Crippen molar-refractivity contribution in [2.45, 2.75) is 18.9 Å². The molecule has 1 heterocycles.